The quantitative estimate of drug-likeness (QED) is 0.366. The number of Topliss-reactive ketones (excluding diaryl/α,β-unsaturated/α-hetero) is 1. The van der Waals surface area contributed by atoms with E-state index in [1.165, 1.54) is 0 Å². The zero-order valence-electron chi connectivity index (χ0n) is 26.8. The van der Waals surface area contributed by atoms with E-state index in [-0.39, 0.29) is 23.7 Å². The van der Waals surface area contributed by atoms with Gasteiger partial charge in [0.05, 0.1) is 45.3 Å². The number of nitrogens with one attached hydrogen (secondary N) is 1. The number of piperazine rings is 1. The van der Waals surface area contributed by atoms with Crippen molar-refractivity contribution >= 4 is 28.8 Å². The second-order valence-electron chi connectivity index (χ2n) is 12.7. The second kappa shape index (κ2) is 12.4. The molecule has 0 bridgehead atoms. The Balaban J connectivity index is 1.37. The van der Waals surface area contributed by atoms with Crippen LogP contribution >= 0.6 is 0 Å². The number of allylic oxidation sites excluding steroid dienone is 1. The average Bonchev–Trinajstić information content (AvgIpc) is 3.18. The third kappa shape index (κ3) is 6.03. The molecule has 1 aliphatic carbocycles. The summed E-state index contributed by atoms with van der Waals surface area (Å²) in [5.41, 5.74) is 4.99. The van der Waals surface area contributed by atoms with Gasteiger partial charge in [0.25, 0.3) is 0 Å². The van der Waals surface area contributed by atoms with Crippen molar-refractivity contribution in [3.8, 4) is 17.2 Å². The number of carbonyl (C=O) groups is 2. The van der Waals surface area contributed by atoms with Crippen LogP contribution < -0.4 is 29.3 Å². The molecule has 0 saturated carbocycles. The van der Waals surface area contributed by atoms with Gasteiger partial charge in [0.1, 0.15) is 17.2 Å². The zero-order chi connectivity index (χ0) is 31.7. The summed E-state index contributed by atoms with van der Waals surface area (Å²) in [4.78, 5) is 34.6. The number of rotatable bonds is 7. The van der Waals surface area contributed by atoms with Crippen molar-refractivity contribution in [2.45, 2.75) is 32.7 Å². The van der Waals surface area contributed by atoms with Crippen molar-refractivity contribution in [1.29, 1.82) is 0 Å². The predicted molar refractivity (Wildman–Crippen MR) is 177 cm³/mol. The molecule has 9 nitrogen and oxygen atoms in total. The van der Waals surface area contributed by atoms with Gasteiger partial charge in [0.2, 0.25) is 5.91 Å². The summed E-state index contributed by atoms with van der Waals surface area (Å²) in [6.07, 6.45) is 1.13. The molecule has 9 heteroatoms. The van der Waals surface area contributed by atoms with Crippen molar-refractivity contribution in [3.05, 3.63) is 83.6 Å². The number of amides is 1. The highest BCUT2D eigenvalue weighted by molar-refractivity contribution is 6.02. The number of ketones is 1. The van der Waals surface area contributed by atoms with Crippen molar-refractivity contribution in [2.75, 3.05) is 69.2 Å². The molecule has 3 aromatic rings. The lowest BCUT2D eigenvalue weighted by atomic mass is 9.73. The lowest BCUT2D eigenvalue weighted by Crippen LogP contribution is -2.52. The topological polar surface area (TPSA) is 83.6 Å². The van der Waals surface area contributed by atoms with Crippen LogP contribution in [0, 0.1) is 5.41 Å². The Labute approximate surface area is 265 Å². The van der Waals surface area contributed by atoms with Gasteiger partial charge < -0.3 is 34.2 Å². The summed E-state index contributed by atoms with van der Waals surface area (Å²) in [7, 11) is 4.92. The minimum absolute atomic E-state index is 0.0127. The summed E-state index contributed by atoms with van der Waals surface area (Å²) in [5, 5.41) is 3.63. The highest BCUT2D eigenvalue weighted by Crippen LogP contribution is 2.50. The number of fused-ring (bicyclic) bond motifs is 1. The van der Waals surface area contributed by atoms with Crippen molar-refractivity contribution in [2.24, 2.45) is 5.41 Å². The molecule has 2 heterocycles. The molecule has 6 rings (SSSR count). The molecule has 2 aliphatic heterocycles. The van der Waals surface area contributed by atoms with Crippen molar-refractivity contribution in [1.82, 2.24) is 4.90 Å². The van der Waals surface area contributed by atoms with E-state index in [1.807, 2.05) is 59.5 Å². The number of para-hydroxylation sites is 2. The van der Waals surface area contributed by atoms with E-state index < -0.39 is 6.04 Å². The first-order chi connectivity index (χ1) is 21.7. The van der Waals surface area contributed by atoms with E-state index in [2.05, 4.69) is 41.1 Å². The Bertz CT molecular complexity index is 1610. The minimum atomic E-state index is -0.561. The lowest BCUT2D eigenvalue weighted by Gasteiger charge is -2.40. The zero-order valence-corrected chi connectivity index (χ0v) is 26.8. The molecule has 1 amide bonds. The molecule has 1 N–H and O–H groups in total. The van der Waals surface area contributed by atoms with E-state index in [1.54, 1.807) is 21.3 Å². The Morgan fingerprint density at radius 1 is 0.867 bits per heavy atom. The summed E-state index contributed by atoms with van der Waals surface area (Å²) < 4.78 is 16.8. The first-order valence-electron chi connectivity index (χ1n) is 15.5. The average molecular weight is 611 g/mol. The standard InChI is InChI=1S/C36H42N4O5/c1-36(2)21-29-34(31(41)22-36)35(27-20-26(44-4)14-15-32(27)45-5)40(30-9-7-6-8-28(30)37-29)23-33(42)39-18-16-38(17-19-39)24-10-12-25(43-3)13-11-24/h6-15,20,35,37H,16-19,21-23H2,1-5H3. The van der Waals surface area contributed by atoms with Gasteiger partial charge in [-0.05, 0) is 66.4 Å². The van der Waals surface area contributed by atoms with E-state index >= 15 is 0 Å². The minimum Gasteiger partial charge on any atom is -0.497 e. The Morgan fingerprint density at radius 3 is 2.24 bits per heavy atom. The van der Waals surface area contributed by atoms with Gasteiger partial charge in [0, 0.05) is 55.1 Å². The van der Waals surface area contributed by atoms with Gasteiger partial charge in [-0.3, -0.25) is 9.59 Å². The number of nitrogens with zero attached hydrogens (tertiary/aromatic N) is 3. The molecule has 1 atom stereocenters. The van der Waals surface area contributed by atoms with E-state index in [0.717, 1.165) is 47.2 Å². The van der Waals surface area contributed by atoms with Crippen LogP contribution in [-0.2, 0) is 9.59 Å². The lowest BCUT2D eigenvalue weighted by molar-refractivity contribution is -0.130. The van der Waals surface area contributed by atoms with Gasteiger partial charge >= 0.3 is 0 Å². The highest BCUT2D eigenvalue weighted by Gasteiger charge is 2.43. The molecule has 45 heavy (non-hydrogen) atoms. The van der Waals surface area contributed by atoms with Crippen LogP contribution in [0.5, 0.6) is 17.2 Å². The Hall–Kier alpha value is -4.66. The molecule has 3 aliphatic rings. The molecular formula is C36H42N4O5. The summed E-state index contributed by atoms with van der Waals surface area (Å²) in [6, 6.07) is 21.1. The second-order valence-corrected chi connectivity index (χ2v) is 12.7. The first-order valence-corrected chi connectivity index (χ1v) is 15.5. The number of hydrogen-bond acceptors (Lipinski definition) is 8. The number of hydrogen-bond donors (Lipinski definition) is 1. The predicted octanol–water partition coefficient (Wildman–Crippen LogP) is 5.68. The fraction of sp³-hybridized carbons (Fsp3) is 0.389. The normalized spacial score (nSPS) is 19.3. The fourth-order valence-electron chi connectivity index (χ4n) is 6.86. The maximum absolute atomic E-state index is 14.2. The van der Waals surface area contributed by atoms with Crippen LogP contribution in [0.25, 0.3) is 0 Å². The van der Waals surface area contributed by atoms with Gasteiger partial charge in [-0.15, -0.1) is 0 Å². The molecule has 1 unspecified atom stereocenters. The number of benzene rings is 3. The molecule has 236 valence electrons. The van der Waals surface area contributed by atoms with Crippen LogP contribution in [0.1, 0.15) is 38.3 Å². The molecular weight excluding hydrogens is 568 g/mol. The largest absolute Gasteiger partial charge is 0.497 e. The number of methoxy groups -OCH3 is 3. The van der Waals surface area contributed by atoms with Crippen LogP contribution in [-0.4, -0.2) is 70.6 Å². The first kappa shape index (κ1) is 30.4. The summed E-state index contributed by atoms with van der Waals surface area (Å²) >= 11 is 0. The number of anilines is 3. The number of carbonyl (C=O) groups excluding carboxylic acids is 2. The molecule has 0 aromatic heterocycles. The van der Waals surface area contributed by atoms with E-state index in [0.29, 0.717) is 43.0 Å². The van der Waals surface area contributed by atoms with Crippen LogP contribution in [0.2, 0.25) is 0 Å². The Kier molecular flexibility index (Phi) is 8.36. The molecule has 1 fully saturated rings. The van der Waals surface area contributed by atoms with E-state index in [4.69, 9.17) is 14.2 Å². The SMILES string of the molecule is COc1ccc(N2CCN(C(=O)CN3c4ccccc4NC4=C(C(=O)CC(C)(C)C4)C3c3cc(OC)ccc3OC)CC2)cc1. The summed E-state index contributed by atoms with van der Waals surface area (Å²) in [5.74, 6) is 2.19. The monoisotopic (exact) mass is 610 g/mol. The van der Waals surface area contributed by atoms with Crippen LogP contribution in [0.3, 0.4) is 0 Å². The van der Waals surface area contributed by atoms with Gasteiger partial charge in [-0.1, -0.05) is 26.0 Å². The third-order valence-corrected chi connectivity index (χ3v) is 9.11. The van der Waals surface area contributed by atoms with Crippen molar-refractivity contribution < 1.29 is 23.8 Å². The number of ether oxygens (including phenoxy) is 3. The third-order valence-electron chi connectivity index (χ3n) is 9.11. The van der Waals surface area contributed by atoms with Gasteiger partial charge in [0.15, 0.2) is 5.78 Å². The van der Waals surface area contributed by atoms with Gasteiger partial charge in [-0.2, -0.15) is 0 Å². The molecule has 0 radical (unpaired) electrons. The molecule has 1 saturated heterocycles. The van der Waals surface area contributed by atoms with Gasteiger partial charge in [-0.25, -0.2) is 0 Å². The Morgan fingerprint density at radius 2 is 1.56 bits per heavy atom. The smallest absolute Gasteiger partial charge is 0.242 e. The maximum atomic E-state index is 14.2. The van der Waals surface area contributed by atoms with Crippen molar-refractivity contribution in [3.63, 3.8) is 0 Å². The molecule has 3 aromatic carbocycles. The maximum Gasteiger partial charge on any atom is 0.242 e. The molecule has 0 spiro atoms. The van der Waals surface area contributed by atoms with Crippen LogP contribution in [0.4, 0.5) is 17.1 Å². The van der Waals surface area contributed by atoms with Crippen LogP contribution in [0.15, 0.2) is 78.0 Å². The van der Waals surface area contributed by atoms with E-state index in [9.17, 15) is 9.59 Å². The summed E-state index contributed by atoms with van der Waals surface area (Å²) in [6.45, 7) is 7.01. The fourth-order valence-corrected chi connectivity index (χ4v) is 6.86. The highest BCUT2D eigenvalue weighted by atomic mass is 16.5.